The molecule has 0 aliphatic heterocycles. The van der Waals surface area contributed by atoms with Gasteiger partial charge < -0.3 is 10.1 Å². The molecule has 0 heterocycles. The van der Waals surface area contributed by atoms with Crippen molar-refractivity contribution in [2.45, 2.75) is 24.5 Å². The molecule has 2 aromatic rings. The molecule has 0 radical (unpaired) electrons. The number of carbonyl (C=O) groups excluding carboxylic acids is 1. The molecule has 2 aromatic carbocycles. The first-order valence-electron chi connectivity index (χ1n) is 7.65. The molecule has 0 aliphatic rings. The van der Waals surface area contributed by atoms with E-state index in [-0.39, 0.29) is 22.4 Å². The summed E-state index contributed by atoms with van der Waals surface area (Å²) in [5.41, 5.74) is 0.751. The van der Waals surface area contributed by atoms with Gasteiger partial charge in [-0.25, -0.2) is 13.1 Å². The van der Waals surface area contributed by atoms with Crippen LogP contribution in [-0.2, 0) is 21.4 Å². The Morgan fingerprint density at radius 3 is 2.42 bits per heavy atom. The largest absolute Gasteiger partial charge is 0.479 e. The molecule has 0 aromatic heterocycles. The van der Waals surface area contributed by atoms with E-state index in [1.54, 1.807) is 37.3 Å². The molecule has 140 valence electrons. The fourth-order valence-electron chi connectivity index (χ4n) is 2.06. The number of sulfonamides is 1. The van der Waals surface area contributed by atoms with Gasteiger partial charge in [-0.15, -0.1) is 0 Å². The summed E-state index contributed by atoms with van der Waals surface area (Å²) in [4.78, 5) is 12.3. The molecule has 0 saturated heterocycles. The summed E-state index contributed by atoms with van der Waals surface area (Å²) in [6.45, 7) is 1.82. The van der Waals surface area contributed by atoms with E-state index in [9.17, 15) is 13.2 Å². The average Bonchev–Trinajstić information content (AvgIpc) is 2.63. The third-order valence-electron chi connectivity index (χ3n) is 3.56. The average molecular weight is 417 g/mol. The zero-order valence-electron chi connectivity index (χ0n) is 14.1. The van der Waals surface area contributed by atoms with Gasteiger partial charge in [0, 0.05) is 6.54 Å². The minimum atomic E-state index is -3.48. The van der Waals surface area contributed by atoms with Gasteiger partial charge in [0.1, 0.15) is 10.8 Å². The molecular formula is C17H18Cl2N2O4S. The number of benzene rings is 2. The lowest BCUT2D eigenvalue weighted by Crippen LogP contribution is -2.36. The van der Waals surface area contributed by atoms with Gasteiger partial charge in [-0.1, -0.05) is 41.4 Å². The second kappa shape index (κ2) is 8.73. The lowest BCUT2D eigenvalue weighted by atomic mass is 10.2. The van der Waals surface area contributed by atoms with E-state index in [0.29, 0.717) is 10.8 Å². The van der Waals surface area contributed by atoms with E-state index in [1.807, 2.05) is 0 Å². The highest BCUT2D eigenvalue weighted by molar-refractivity contribution is 7.89. The van der Waals surface area contributed by atoms with Gasteiger partial charge in [0.05, 0.1) is 9.92 Å². The maximum Gasteiger partial charge on any atom is 0.261 e. The number of hydrogen-bond donors (Lipinski definition) is 2. The Labute approximate surface area is 162 Å². The van der Waals surface area contributed by atoms with Gasteiger partial charge in [-0.2, -0.15) is 0 Å². The zero-order chi connectivity index (χ0) is 19.3. The molecule has 1 amide bonds. The fraction of sp³-hybridized carbons (Fsp3) is 0.235. The Hall–Kier alpha value is -1.80. The van der Waals surface area contributed by atoms with Gasteiger partial charge >= 0.3 is 0 Å². The van der Waals surface area contributed by atoms with Crippen molar-refractivity contribution < 1.29 is 17.9 Å². The first-order chi connectivity index (χ1) is 12.2. The predicted octanol–water partition coefficient (Wildman–Crippen LogP) is 2.99. The van der Waals surface area contributed by atoms with Crippen molar-refractivity contribution in [1.29, 1.82) is 0 Å². The van der Waals surface area contributed by atoms with Crippen molar-refractivity contribution in [3.63, 3.8) is 0 Å². The summed E-state index contributed by atoms with van der Waals surface area (Å²) in [6, 6.07) is 11.1. The normalized spacial score (nSPS) is 12.5. The van der Waals surface area contributed by atoms with E-state index in [0.717, 1.165) is 5.56 Å². The van der Waals surface area contributed by atoms with Gasteiger partial charge in [0.2, 0.25) is 10.0 Å². The van der Waals surface area contributed by atoms with Crippen LogP contribution in [-0.4, -0.2) is 27.5 Å². The van der Waals surface area contributed by atoms with Gasteiger partial charge in [0.25, 0.3) is 5.91 Å². The van der Waals surface area contributed by atoms with Crippen LogP contribution in [0.25, 0.3) is 0 Å². The van der Waals surface area contributed by atoms with Crippen LogP contribution in [0.3, 0.4) is 0 Å². The van der Waals surface area contributed by atoms with Crippen LogP contribution in [0.2, 0.25) is 10.0 Å². The van der Waals surface area contributed by atoms with Gasteiger partial charge in [-0.3, -0.25) is 4.79 Å². The molecule has 0 spiro atoms. The van der Waals surface area contributed by atoms with Crippen LogP contribution >= 0.6 is 23.2 Å². The van der Waals surface area contributed by atoms with E-state index in [1.165, 1.54) is 19.2 Å². The van der Waals surface area contributed by atoms with E-state index in [4.69, 9.17) is 27.9 Å². The molecule has 0 saturated carbocycles. The van der Waals surface area contributed by atoms with Crippen LogP contribution < -0.4 is 14.8 Å². The lowest BCUT2D eigenvalue weighted by molar-refractivity contribution is -0.127. The molecule has 6 nitrogen and oxygen atoms in total. The Morgan fingerprint density at radius 1 is 1.15 bits per heavy atom. The maximum absolute atomic E-state index is 12.2. The second-order valence-electron chi connectivity index (χ2n) is 5.38. The molecule has 0 aliphatic carbocycles. The molecule has 0 fully saturated rings. The van der Waals surface area contributed by atoms with E-state index >= 15 is 0 Å². The highest BCUT2D eigenvalue weighted by Gasteiger charge is 2.17. The Bertz CT molecular complexity index is 886. The summed E-state index contributed by atoms with van der Waals surface area (Å²) >= 11 is 11.9. The van der Waals surface area contributed by atoms with Crippen LogP contribution in [0.4, 0.5) is 0 Å². The molecule has 1 atom stereocenters. The quantitative estimate of drug-likeness (QED) is 0.726. The Balaban J connectivity index is 1.94. The number of halogens is 2. The number of hydrogen-bond acceptors (Lipinski definition) is 4. The van der Waals surface area contributed by atoms with Gasteiger partial charge in [-0.05, 0) is 43.8 Å². The number of ether oxygens (including phenoxy) is 1. The molecule has 2 rings (SSSR count). The second-order valence-corrected chi connectivity index (χ2v) is 8.05. The smallest absolute Gasteiger partial charge is 0.261 e. The summed E-state index contributed by atoms with van der Waals surface area (Å²) in [5.74, 6) is -0.0172. The highest BCUT2D eigenvalue weighted by atomic mass is 35.5. The minimum absolute atomic E-state index is 0.155. The maximum atomic E-state index is 12.2. The topological polar surface area (TPSA) is 84.5 Å². The number of rotatable bonds is 7. The summed E-state index contributed by atoms with van der Waals surface area (Å²) in [5, 5.41) is 3.31. The fourth-order valence-corrected chi connectivity index (χ4v) is 3.12. The van der Waals surface area contributed by atoms with Crippen molar-refractivity contribution in [2.75, 3.05) is 7.05 Å². The molecular weight excluding hydrogens is 399 g/mol. The van der Waals surface area contributed by atoms with Gasteiger partial charge in [0.15, 0.2) is 6.10 Å². The number of nitrogens with one attached hydrogen (secondary N) is 2. The molecule has 0 bridgehead atoms. The standard InChI is InChI=1S/C17H18Cl2N2O4S/c1-11(25-15-5-3-4-14(18)16(15)19)17(22)21-10-12-6-8-13(9-7-12)26(23,24)20-2/h3-9,11,20H,10H2,1-2H3,(H,21,22)/t11-/m1/s1. The molecule has 9 heteroatoms. The summed E-state index contributed by atoms with van der Waals surface area (Å²) in [6.07, 6.45) is -0.782. The Kier molecular flexibility index (Phi) is 6.88. The van der Waals surface area contributed by atoms with Crippen LogP contribution in [0, 0.1) is 0 Å². The van der Waals surface area contributed by atoms with E-state index in [2.05, 4.69) is 10.0 Å². The van der Waals surface area contributed by atoms with Crippen LogP contribution in [0.15, 0.2) is 47.4 Å². The molecule has 2 N–H and O–H groups in total. The van der Waals surface area contributed by atoms with Crippen molar-refractivity contribution in [3.05, 3.63) is 58.1 Å². The van der Waals surface area contributed by atoms with E-state index < -0.39 is 16.1 Å². The summed E-state index contributed by atoms with van der Waals surface area (Å²) < 4.78 is 31.1. The first-order valence-corrected chi connectivity index (χ1v) is 9.89. The minimum Gasteiger partial charge on any atom is -0.479 e. The number of carbonyl (C=O) groups is 1. The van der Waals surface area contributed by atoms with Crippen molar-refractivity contribution >= 4 is 39.1 Å². The third-order valence-corrected chi connectivity index (χ3v) is 5.79. The van der Waals surface area contributed by atoms with Crippen LogP contribution in [0.5, 0.6) is 5.75 Å². The first kappa shape index (κ1) is 20.5. The van der Waals surface area contributed by atoms with Crippen molar-refractivity contribution in [1.82, 2.24) is 10.0 Å². The van der Waals surface area contributed by atoms with Crippen molar-refractivity contribution in [2.24, 2.45) is 0 Å². The zero-order valence-corrected chi connectivity index (χ0v) is 16.5. The Morgan fingerprint density at radius 2 is 1.81 bits per heavy atom. The predicted molar refractivity (Wildman–Crippen MR) is 101 cm³/mol. The summed E-state index contributed by atoms with van der Waals surface area (Å²) in [7, 11) is -2.14. The number of amides is 1. The third kappa shape index (κ3) is 5.11. The monoisotopic (exact) mass is 416 g/mol. The SMILES string of the molecule is CNS(=O)(=O)c1ccc(CNC(=O)[C@@H](C)Oc2cccc(Cl)c2Cl)cc1. The molecule has 26 heavy (non-hydrogen) atoms. The highest BCUT2D eigenvalue weighted by Crippen LogP contribution is 2.32. The van der Waals surface area contributed by atoms with Crippen molar-refractivity contribution in [3.8, 4) is 5.75 Å². The lowest BCUT2D eigenvalue weighted by Gasteiger charge is -2.16. The molecule has 0 unspecified atom stereocenters. The van der Waals surface area contributed by atoms with Crippen LogP contribution in [0.1, 0.15) is 12.5 Å².